The predicted molar refractivity (Wildman–Crippen MR) is 67.4 cm³/mol. The van der Waals surface area contributed by atoms with Crippen LogP contribution in [0, 0.1) is 0 Å². The number of nitrogens with zero attached hydrogens (tertiary/aromatic N) is 3. The third kappa shape index (κ3) is 3.24. The van der Waals surface area contributed by atoms with Gasteiger partial charge in [0.25, 0.3) is 0 Å². The summed E-state index contributed by atoms with van der Waals surface area (Å²) < 4.78 is 1.69. The van der Waals surface area contributed by atoms with E-state index in [1.807, 2.05) is 13.1 Å². The van der Waals surface area contributed by atoms with Crippen molar-refractivity contribution >= 4 is 12.0 Å². The van der Waals surface area contributed by atoms with Crippen molar-refractivity contribution in [3.8, 4) is 0 Å². The van der Waals surface area contributed by atoms with E-state index in [1.54, 1.807) is 15.8 Å². The number of amides is 2. The lowest BCUT2D eigenvalue weighted by atomic mass is 10.1. The van der Waals surface area contributed by atoms with Crippen molar-refractivity contribution in [3.63, 3.8) is 0 Å². The molecule has 1 unspecified atom stereocenters. The van der Waals surface area contributed by atoms with E-state index in [0.29, 0.717) is 13.1 Å². The number of hydrogen-bond donors (Lipinski definition) is 2. The summed E-state index contributed by atoms with van der Waals surface area (Å²) in [4.78, 5) is 24.4. The second-order valence-corrected chi connectivity index (χ2v) is 4.69. The average molecular weight is 266 g/mol. The molecule has 2 amide bonds. The van der Waals surface area contributed by atoms with Gasteiger partial charge < -0.3 is 15.3 Å². The Labute approximate surface area is 111 Å². The number of likely N-dealkylation sites (tertiary alicyclic amines) is 1. The van der Waals surface area contributed by atoms with Gasteiger partial charge in [0.2, 0.25) is 0 Å². The number of nitrogens with one attached hydrogen (secondary N) is 1. The average Bonchev–Trinajstić information content (AvgIpc) is 2.95. The van der Waals surface area contributed by atoms with Gasteiger partial charge in [0.1, 0.15) is 0 Å². The van der Waals surface area contributed by atoms with Gasteiger partial charge in [0, 0.05) is 25.8 Å². The number of aromatic nitrogens is 2. The molecule has 1 aromatic heterocycles. The highest BCUT2D eigenvalue weighted by Gasteiger charge is 2.30. The van der Waals surface area contributed by atoms with Crippen LogP contribution in [0.3, 0.4) is 0 Å². The van der Waals surface area contributed by atoms with E-state index in [9.17, 15) is 9.59 Å². The number of carboxylic acids is 1. The summed E-state index contributed by atoms with van der Waals surface area (Å²) in [6, 6.07) is 1.44. The van der Waals surface area contributed by atoms with Crippen LogP contribution in [0.15, 0.2) is 12.3 Å². The van der Waals surface area contributed by atoms with Crippen LogP contribution in [-0.2, 0) is 18.4 Å². The van der Waals surface area contributed by atoms with Crippen molar-refractivity contribution < 1.29 is 14.7 Å². The normalized spacial score (nSPS) is 18.6. The minimum absolute atomic E-state index is 0.0130. The molecule has 0 radical (unpaired) electrons. The number of aliphatic carboxylic acids is 1. The van der Waals surface area contributed by atoms with Crippen LogP contribution in [-0.4, -0.2) is 44.4 Å². The first-order chi connectivity index (χ1) is 9.08. The van der Waals surface area contributed by atoms with Crippen molar-refractivity contribution in [2.45, 2.75) is 31.8 Å². The molecule has 1 saturated heterocycles. The third-order valence-electron chi connectivity index (χ3n) is 3.39. The maximum absolute atomic E-state index is 12.0. The molecule has 7 heteroatoms. The van der Waals surface area contributed by atoms with Crippen LogP contribution in [0.25, 0.3) is 0 Å². The summed E-state index contributed by atoms with van der Waals surface area (Å²) in [5, 5.41) is 15.6. The van der Waals surface area contributed by atoms with Crippen molar-refractivity contribution in [1.82, 2.24) is 20.0 Å². The van der Waals surface area contributed by atoms with Crippen LogP contribution in [0.5, 0.6) is 0 Å². The lowest BCUT2D eigenvalue weighted by Crippen LogP contribution is -2.43. The summed E-state index contributed by atoms with van der Waals surface area (Å²) in [7, 11) is 1.81. The molecule has 1 fully saturated rings. The molecule has 0 aliphatic carbocycles. The Morgan fingerprint density at radius 1 is 1.58 bits per heavy atom. The van der Waals surface area contributed by atoms with Gasteiger partial charge in [-0.05, 0) is 18.9 Å². The van der Waals surface area contributed by atoms with E-state index in [2.05, 4.69) is 10.4 Å². The molecule has 0 aromatic carbocycles. The van der Waals surface area contributed by atoms with Crippen LogP contribution >= 0.6 is 0 Å². The number of aryl methyl sites for hydroxylation is 1. The minimum Gasteiger partial charge on any atom is -0.481 e. The lowest BCUT2D eigenvalue weighted by Gasteiger charge is -2.23. The second-order valence-electron chi connectivity index (χ2n) is 4.69. The molecule has 104 valence electrons. The number of carboxylic acid groups (broad SMARTS) is 1. The third-order valence-corrected chi connectivity index (χ3v) is 3.39. The zero-order valence-corrected chi connectivity index (χ0v) is 10.9. The van der Waals surface area contributed by atoms with E-state index in [0.717, 1.165) is 18.5 Å². The molecule has 1 aliphatic rings. The van der Waals surface area contributed by atoms with E-state index >= 15 is 0 Å². The topological polar surface area (TPSA) is 87.5 Å². The second kappa shape index (κ2) is 5.73. The molecule has 1 atom stereocenters. The van der Waals surface area contributed by atoms with Gasteiger partial charge >= 0.3 is 12.0 Å². The molecule has 0 saturated carbocycles. The Kier molecular flexibility index (Phi) is 4.03. The van der Waals surface area contributed by atoms with Crippen LogP contribution in [0.1, 0.15) is 25.0 Å². The Morgan fingerprint density at radius 3 is 3.00 bits per heavy atom. The fourth-order valence-electron chi connectivity index (χ4n) is 2.36. The smallest absolute Gasteiger partial charge is 0.317 e. The molecule has 2 heterocycles. The quantitative estimate of drug-likeness (QED) is 0.834. The highest BCUT2D eigenvalue weighted by Crippen LogP contribution is 2.20. The number of hydrogen-bond acceptors (Lipinski definition) is 3. The Bertz CT molecular complexity index is 471. The van der Waals surface area contributed by atoms with Gasteiger partial charge in [-0.3, -0.25) is 9.48 Å². The van der Waals surface area contributed by atoms with Gasteiger partial charge in [0.15, 0.2) is 0 Å². The van der Waals surface area contributed by atoms with Gasteiger partial charge in [-0.15, -0.1) is 0 Å². The van der Waals surface area contributed by atoms with E-state index in [1.165, 1.54) is 0 Å². The summed E-state index contributed by atoms with van der Waals surface area (Å²) >= 11 is 0. The Hall–Kier alpha value is -2.05. The molecule has 7 nitrogen and oxygen atoms in total. The Balaban J connectivity index is 1.88. The van der Waals surface area contributed by atoms with Gasteiger partial charge in [-0.2, -0.15) is 5.10 Å². The number of carbonyl (C=O) groups excluding carboxylic acids is 1. The number of carbonyl (C=O) groups is 2. The van der Waals surface area contributed by atoms with Crippen LogP contribution in [0.4, 0.5) is 4.79 Å². The molecular weight excluding hydrogens is 248 g/mol. The van der Waals surface area contributed by atoms with Gasteiger partial charge in [-0.25, -0.2) is 4.79 Å². The maximum atomic E-state index is 12.0. The molecule has 0 spiro atoms. The summed E-state index contributed by atoms with van der Waals surface area (Å²) in [6.07, 6.45) is 3.30. The number of urea groups is 1. The highest BCUT2D eigenvalue weighted by molar-refractivity contribution is 5.76. The number of rotatable bonds is 4. The summed E-state index contributed by atoms with van der Waals surface area (Å²) in [6.45, 7) is 1.01. The highest BCUT2D eigenvalue weighted by atomic mass is 16.4. The van der Waals surface area contributed by atoms with E-state index < -0.39 is 5.97 Å². The molecule has 0 bridgehead atoms. The minimum atomic E-state index is -0.865. The van der Waals surface area contributed by atoms with Crippen molar-refractivity contribution in [3.05, 3.63) is 18.0 Å². The first kappa shape index (κ1) is 13.4. The zero-order chi connectivity index (χ0) is 13.8. The lowest BCUT2D eigenvalue weighted by molar-refractivity contribution is -0.137. The molecular formula is C12H18N4O3. The summed E-state index contributed by atoms with van der Waals surface area (Å²) in [5.74, 6) is -0.865. The van der Waals surface area contributed by atoms with Crippen molar-refractivity contribution in [2.75, 3.05) is 6.54 Å². The van der Waals surface area contributed by atoms with Gasteiger partial charge in [-0.1, -0.05) is 0 Å². The SMILES string of the molecule is Cn1nccc1CNC(=O)N1CCCC1CC(=O)O. The van der Waals surface area contributed by atoms with Crippen LogP contribution < -0.4 is 5.32 Å². The maximum Gasteiger partial charge on any atom is 0.317 e. The fraction of sp³-hybridized carbons (Fsp3) is 0.583. The zero-order valence-electron chi connectivity index (χ0n) is 10.9. The molecule has 1 aliphatic heterocycles. The first-order valence-corrected chi connectivity index (χ1v) is 6.31. The molecule has 19 heavy (non-hydrogen) atoms. The standard InChI is InChI=1S/C12H18N4O3/c1-15-10(4-5-14-15)8-13-12(19)16-6-2-3-9(16)7-11(17)18/h4-5,9H,2-3,6-8H2,1H3,(H,13,19)(H,17,18). The Morgan fingerprint density at radius 2 is 2.37 bits per heavy atom. The monoisotopic (exact) mass is 266 g/mol. The molecule has 2 rings (SSSR count). The van der Waals surface area contributed by atoms with E-state index in [4.69, 9.17) is 5.11 Å². The summed E-state index contributed by atoms with van der Waals surface area (Å²) in [5.41, 5.74) is 0.905. The first-order valence-electron chi connectivity index (χ1n) is 6.31. The van der Waals surface area contributed by atoms with E-state index in [-0.39, 0.29) is 18.5 Å². The molecule has 2 N–H and O–H groups in total. The fourth-order valence-corrected chi connectivity index (χ4v) is 2.36. The molecule has 1 aromatic rings. The predicted octanol–water partition coefficient (Wildman–Crippen LogP) is 0.569. The van der Waals surface area contributed by atoms with Crippen LogP contribution in [0.2, 0.25) is 0 Å². The van der Waals surface area contributed by atoms with Gasteiger partial charge in [0.05, 0.1) is 18.7 Å². The van der Waals surface area contributed by atoms with Crippen molar-refractivity contribution in [2.24, 2.45) is 7.05 Å². The van der Waals surface area contributed by atoms with Crippen molar-refractivity contribution in [1.29, 1.82) is 0 Å². The largest absolute Gasteiger partial charge is 0.481 e.